The lowest BCUT2D eigenvalue weighted by Gasteiger charge is -2.01. The highest BCUT2D eigenvalue weighted by Crippen LogP contribution is 2.29. The Labute approximate surface area is 142 Å². The van der Waals surface area contributed by atoms with Crippen molar-refractivity contribution in [1.82, 2.24) is 9.38 Å². The molecule has 1 N–H and O–H groups in total. The molecule has 0 fully saturated rings. The Hall–Kier alpha value is -3.29. The number of carbonyl (C=O) groups is 1. The van der Waals surface area contributed by atoms with E-state index in [4.69, 9.17) is 4.74 Å². The van der Waals surface area contributed by atoms with Crippen LogP contribution in [0.2, 0.25) is 0 Å². The first kappa shape index (κ1) is 16.6. The first-order valence-corrected chi connectivity index (χ1v) is 7.60. The van der Waals surface area contributed by atoms with Crippen LogP contribution in [0.3, 0.4) is 0 Å². The molecule has 7 nitrogen and oxygen atoms in total. The number of pyridine rings is 1. The van der Waals surface area contributed by atoms with Crippen molar-refractivity contribution in [3.8, 4) is 5.75 Å². The third-order valence-corrected chi connectivity index (χ3v) is 3.38. The monoisotopic (exact) mass is 342 g/mol. The molecule has 0 radical (unpaired) electrons. The van der Waals surface area contributed by atoms with Crippen molar-refractivity contribution < 1.29 is 19.0 Å². The fourth-order valence-electron chi connectivity index (χ4n) is 2.28. The molecule has 0 unspecified atom stereocenters. The van der Waals surface area contributed by atoms with Crippen LogP contribution < -0.4 is 0 Å². The lowest BCUT2D eigenvalue weighted by Crippen LogP contribution is -2.07. The van der Waals surface area contributed by atoms with E-state index in [0.29, 0.717) is 11.3 Å². The number of para-hydroxylation sites is 1. The van der Waals surface area contributed by atoms with Crippen LogP contribution in [0.15, 0.2) is 52.8 Å². The molecule has 3 aromatic rings. The number of rotatable bonds is 5. The molecule has 0 aliphatic rings. The molecule has 0 saturated carbocycles. The molecule has 0 amide bonds. The van der Waals surface area contributed by atoms with Crippen molar-refractivity contribution in [2.45, 2.75) is 13.3 Å². The number of phenols is 1. The van der Waals surface area contributed by atoms with Crippen molar-refractivity contribution in [3.63, 3.8) is 0 Å². The van der Waals surface area contributed by atoms with Gasteiger partial charge in [-0.1, -0.05) is 12.1 Å². The van der Waals surface area contributed by atoms with Gasteiger partial charge in [-0.25, -0.2) is 9.37 Å². The number of benzene rings is 1. The summed E-state index contributed by atoms with van der Waals surface area (Å²) in [6.45, 7) is 1.95. The minimum Gasteiger partial charge on any atom is -0.506 e. The summed E-state index contributed by atoms with van der Waals surface area (Å²) in [4.78, 5) is 16.1. The van der Waals surface area contributed by atoms with Gasteiger partial charge in [0.05, 0.1) is 18.7 Å². The van der Waals surface area contributed by atoms with Crippen LogP contribution in [0, 0.1) is 5.82 Å². The third-order valence-electron chi connectivity index (χ3n) is 3.38. The topological polar surface area (TPSA) is 88.5 Å². The second-order valence-electron chi connectivity index (χ2n) is 5.13. The predicted octanol–water partition coefficient (Wildman–Crippen LogP) is 3.70. The molecule has 0 spiro atoms. The Balaban J connectivity index is 2.05. The highest BCUT2D eigenvalue weighted by Gasteiger charge is 2.17. The molecule has 0 atom stereocenters. The molecule has 8 heteroatoms. The number of nitrogens with zero attached hydrogens (tertiary/aromatic N) is 4. The molecule has 0 aliphatic carbocycles. The minimum atomic E-state index is -0.480. The van der Waals surface area contributed by atoms with Gasteiger partial charge in [-0.3, -0.25) is 9.20 Å². The molecular formula is C17H15FN4O3. The fraction of sp³-hybridized carbons (Fsp3) is 0.176. The van der Waals surface area contributed by atoms with Crippen LogP contribution in [-0.4, -0.2) is 27.1 Å². The number of imidazole rings is 1. The number of carbonyl (C=O) groups excluding carboxylic acids is 1. The average Bonchev–Trinajstić information content (AvgIpc) is 2.91. The molecule has 128 valence electrons. The van der Waals surface area contributed by atoms with Crippen LogP contribution in [-0.2, 0) is 16.0 Å². The summed E-state index contributed by atoms with van der Waals surface area (Å²) in [6.07, 6.45) is 1.09. The highest BCUT2D eigenvalue weighted by atomic mass is 19.1. The van der Waals surface area contributed by atoms with Gasteiger partial charge in [0.15, 0.2) is 5.82 Å². The van der Waals surface area contributed by atoms with Gasteiger partial charge in [-0.05, 0) is 31.2 Å². The van der Waals surface area contributed by atoms with Gasteiger partial charge in [-0.15, -0.1) is 10.2 Å². The first-order chi connectivity index (χ1) is 12.1. The molecule has 2 aromatic heterocycles. The van der Waals surface area contributed by atoms with Crippen molar-refractivity contribution in [2.24, 2.45) is 10.2 Å². The molecule has 25 heavy (non-hydrogen) atoms. The lowest BCUT2D eigenvalue weighted by molar-refractivity contribution is -0.142. The summed E-state index contributed by atoms with van der Waals surface area (Å²) < 4.78 is 19.9. The van der Waals surface area contributed by atoms with Gasteiger partial charge < -0.3 is 9.84 Å². The van der Waals surface area contributed by atoms with E-state index in [9.17, 15) is 14.3 Å². The van der Waals surface area contributed by atoms with E-state index >= 15 is 0 Å². The standard InChI is InChI=1S/C17H15FN4O3/c1-2-25-16(24)9-13-17(21-20-12-5-3-4-6-14(12)23)22-10-11(18)7-8-15(22)19-13/h3-8,10,23H,2,9H2,1H3. The van der Waals surface area contributed by atoms with Gasteiger partial charge in [0.2, 0.25) is 0 Å². The zero-order valence-corrected chi connectivity index (χ0v) is 13.4. The van der Waals surface area contributed by atoms with Crippen LogP contribution in [0.1, 0.15) is 12.6 Å². The number of aromatic nitrogens is 2. The number of esters is 1. The SMILES string of the molecule is CCOC(=O)Cc1nc2ccc(F)cn2c1N=Nc1ccccc1O. The summed E-state index contributed by atoms with van der Waals surface area (Å²) >= 11 is 0. The molecule has 3 rings (SSSR count). The second-order valence-corrected chi connectivity index (χ2v) is 5.13. The number of phenolic OH excluding ortho intramolecular Hbond substituents is 1. The number of aromatic hydroxyl groups is 1. The largest absolute Gasteiger partial charge is 0.506 e. The lowest BCUT2D eigenvalue weighted by atomic mass is 10.3. The van der Waals surface area contributed by atoms with Crippen LogP contribution in [0.4, 0.5) is 15.9 Å². The third kappa shape index (κ3) is 3.63. The average molecular weight is 342 g/mol. The van der Waals surface area contributed by atoms with E-state index < -0.39 is 11.8 Å². The van der Waals surface area contributed by atoms with Crippen molar-refractivity contribution in [2.75, 3.05) is 6.61 Å². The van der Waals surface area contributed by atoms with Crippen LogP contribution in [0.5, 0.6) is 5.75 Å². The molecule has 0 bridgehead atoms. The molecule has 2 heterocycles. The number of halogens is 1. The number of ether oxygens (including phenoxy) is 1. The Morgan fingerprint density at radius 3 is 2.84 bits per heavy atom. The highest BCUT2D eigenvalue weighted by molar-refractivity contribution is 5.74. The van der Waals surface area contributed by atoms with E-state index in [2.05, 4.69) is 15.2 Å². The Morgan fingerprint density at radius 1 is 1.28 bits per heavy atom. The van der Waals surface area contributed by atoms with Gasteiger partial charge in [0.25, 0.3) is 0 Å². The predicted molar refractivity (Wildman–Crippen MR) is 87.8 cm³/mol. The molecular weight excluding hydrogens is 327 g/mol. The smallest absolute Gasteiger partial charge is 0.312 e. The number of hydrogen-bond donors (Lipinski definition) is 1. The number of fused-ring (bicyclic) bond motifs is 1. The summed E-state index contributed by atoms with van der Waals surface area (Å²) in [5, 5.41) is 17.8. The maximum absolute atomic E-state index is 13.6. The maximum Gasteiger partial charge on any atom is 0.312 e. The number of azo groups is 1. The molecule has 0 aliphatic heterocycles. The number of hydrogen-bond acceptors (Lipinski definition) is 6. The summed E-state index contributed by atoms with van der Waals surface area (Å²) in [6, 6.07) is 9.14. The quantitative estimate of drug-likeness (QED) is 0.565. The molecule has 1 aromatic carbocycles. The fourth-order valence-corrected chi connectivity index (χ4v) is 2.28. The Kier molecular flexibility index (Phi) is 4.69. The van der Waals surface area contributed by atoms with Crippen molar-refractivity contribution in [3.05, 3.63) is 54.1 Å². The Bertz CT molecular complexity index is 952. The van der Waals surface area contributed by atoms with Gasteiger partial charge in [0, 0.05) is 6.20 Å². The van der Waals surface area contributed by atoms with E-state index in [0.717, 1.165) is 0 Å². The van der Waals surface area contributed by atoms with E-state index in [-0.39, 0.29) is 30.3 Å². The van der Waals surface area contributed by atoms with Crippen molar-refractivity contribution in [1.29, 1.82) is 0 Å². The van der Waals surface area contributed by atoms with E-state index in [1.165, 1.54) is 28.8 Å². The maximum atomic E-state index is 13.6. The van der Waals surface area contributed by atoms with Crippen LogP contribution in [0.25, 0.3) is 5.65 Å². The Morgan fingerprint density at radius 2 is 2.08 bits per heavy atom. The normalized spacial score (nSPS) is 11.3. The zero-order chi connectivity index (χ0) is 17.8. The summed E-state index contributed by atoms with van der Waals surface area (Å²) in [7, 11) is 0. The van der Waals surface area contributed by atoms with Crippen LogP contribution >= 0.6 is 0 Å². The van der Waals surface area contributed by atoms with Gasteiger partial charge >= 0.3 is 5.97 Å². The van der Waals surface area contributed by atoms with E-state index in [1.807, 2.05) is 0 Å². The first-order valence-electron chi connectivity index (χ1n) is 7.60. The summed E-state index contributed by atoms with van der Waals surface area (Å²) in [5.74, 6) is -0.791. The molecule has 0 saturated heterocycles. The second kappa shape index (κ2) is 7.08. The minimum absolute atomic E-state index is 0.0433. The van der Waals surface area contributed by atoms with Crippen molar-refractivity contribution >= 4 is 23.1 Å². The van der Waals surface area contributed by atoms with Gasteiger partial charge in [-0.2, -0.15) is 0 Å². The van der Waals surface area contributed by atoms with E-state index in [1.54, 1.807) is 25.1 Å². The van der Waals surface area contributed by atoms with Gasteiger partial charge in [0.1, 0.15) is 22.9 Å². The zero-order valence-electron chi connectivity index (χ0n) is 13.4. The summed E-state index contributed by atoms with van der Waals surface area (Å²) in [5.41, 5.74) is 0.978.